The smallest absolute Gasteiger partial charge is 0.309 e. The fourth-order valence-electron chi connectivity index (χ4n) is 1.38. The number of hydrogen-bond acceptors (Lipinski definition) is 2. The summed E-state index contributed by atoms with van der Waals surface area (Å²) >= 11 is 0. The quantitative estimate of drug-likeness (QED) is 0.416. The number of allylic oxidation sites excluding steroid dienone is 1. The van der Waals surface area contributed by atoms with Gasteiger partial charge < -0.3 is 4.74 Å². The van der Waals surface area contributed by atoms with Gasteiger partial charge >= 0.3 is 5.97 Å². The van der Waals surface area contributed by atoms with E-state index in [2.05, 4.69) is 12.1 Å². The van der Waals surface area contributed by atoms with Crippen LogP contribution in [0.2, 0.25) is 0 Å². The van der Waals surface area contributed by atoms with Crippen LogP contribution in [0.1, 0.15) is 25.3 Å². The van der Waals surface area contributed by atoms with Crippen LogP contribution in [-0.2, 0) is 16.0 Å². The molecule has 0 aromatic heterocycles. The van der Waals surface area contributed by atoms with Crippen molar-refractivity contribution in [2.45, 2.75) is 26.2 Å². The van der Waals surface area contributed by atoms with Crippen LogP contribution in [0.25, 0.3) is 0 Å². The van der Waals surface area contributed by atoms with Crippen LogP contribution < -0.4 is 0 Å². The maximum absolute atomic E-state index is 11.1. The zero-order chi connectivity index (χ0) is 11.6. The average Bonchev–Trinajstić information content (AvgIpc) is 2.33. The van der Waals surface area contributed by atoms with Gasteiger partial charge in [0.2, 0.25) is 0 Å². The highest BCUT2D eigenvalue weighted by atomic mass is 16.5. The number of carbonyl (C=O) groups is 1. The molecule has 0 heterocycles. The van der Waals surface area contributed by atoms with Crippen molar-refractivity contribution in [3.63, 3.8) is 0 Å². The Morgan fingerprint density at radius 2 is 2.06 bits per heavy atom. The van der Waals surface area contributed by atoms with Crippen molar-refractivity contribution in [2.24, 2.45) is 0 Å². The SMILES string of the molecule is C/C=C/CC(=O)OCCCc1ccccc1. The van der Waals surface area contributed by atoms with Crippen molar-refractivity contribution in [3.05, 3.63) is 48.0 Å². The monoisotopic (exact) mass is 218 g/mol. The molecule has 1 aromatic rings. The number of hydrogen-bond donors (Lipinski definition) is 0. The molecule has 1 rings (SSSR count). The molecule has 0 atom stereocenters. The third kappa shape index (κ3) is 5.35. The Bertz CT molecular complexity index is 328. The molecule has 16 heavy (non-hydrogen) atoms. The first-order valence-electron chi connectivity index (χ1n) is 5.63. The standard InChI is InChI=1S/C14H18O2/c1-2-3-11-14(15)16-12-7-10-13-8-5-4-6-9-13/h2-6,8-9H,7,10-12H2,1H3/b3-2+. The van der Waals surface area contributed by atoms with Crippen LogP contribution in [0, 0.1) is 0 Å². The third-order valence-electron chi connectivity index (χ3n) is 2.24. The number of ether oxygens (including phenoxy) is 1. The number of aryl methyl sites for hydroxylation is 1. The second kappa shape index (κ2) is 7.69. The lowest BCUT2D eigenvalue weighted by molar-refractivity contribution is -0.142. The fourth-order valence-corrected chi connectivity index (χ4v) is 1.38. The van der Waals surface area contributed by atoms with E-state index in [-0.39, 0.29) is 5.97 Å². The summed E-state index contributed by atoms with van der Waals surface area (Å²) in [7, 11) is 0. The molecular weight excluding hydrogens is 200 g/mol. The Hall–Kier alpha value is -1.57. The molecule has 0 saturated heterocycles. The Morgan fingerprint density at radius 3 is 2.75 bits per heavy atom. The predicted molar refractivity (Wildman–Crippen MR) is 65.2 cm³/mol. The van der Waals surface area contributed by atoms with Crippen molar-refractivity contribution in [3.8, 4) is 0 Å². The van der Waals surface area contributed by atoms with Gasteiger partial charge in [0, 0.05) is 0 Å². The van der Waals surface area contributed by atoms with Crippen molar-refractivity contribution in [1.29, 1.82) is 0 Å². The topological polar surface area (TPSA) is 26.3 Å². The van der Waals surface area contributed by atoms with Gasteiger partial charge in [-0.25, -0.2) is 0 Å². The third-order valence-corrected chi connectivity index (χ3v) is 2.24. The van der Waals surface area contributed by atoms with Crippen molar-refractivity contribution < 1.29 is 9.53 Å². The van der Waals surface area contributed by atoms with Crippen LogP contribution in [-0.4, -0.2) is 12.6 Å². The maximum Gasteiger partial charge on any atom is 0.309 e. The number of esters is 1. The van der Waals surface area contributed by atoms with E-state index in [1.165, 1.54) is 5.56 Å². The van der Waals surface area contributed by atoms with Gasteiger partial charge in [-0.05, 0) is 25.3 Å². The first-order chi connectivity index (χ1) is 7.83. The summed E-state index contributed by atoms with van der Waals surface area (Å²) in [5.41, 5.74) is 1.28. The van der Waals surface area contributed by atoms with Gasteiger partial charge in [0.25, 0.3) is 0 Å². The summed E-state index contributed by atoms with van der Waals surface area (Å²) in [5, 5.41) is 0. The minimum Gasteiger partial charge on any atom is -0.465 e. The normalized spacial score (nSPS) is 10.6. The number of carbonyl (C=O) groups excluding carboxylic acids is 1. The summed E-state index contributed by atoms with van der Waals surface area (Å²) in [5.74, 6) is -0.147. The Balaban J connectivity index is 2.10. The van der Waals surface area contributed by atoms with Gasteiger partial charge in [-0.3, -0.25) is 4.79 Å². The van der Waals surface area contributed by atoms with E-state index in [0.29, 0.717) is 13.0 Å². The van der Waals surface area contributed by atoms with Gasteiger partial charge in [0.05, 0.1) is 13.0 Å². The zero-order valence-electron chi connectivity index (χ0n) is 9.69. The largest absolute Gasteiger partial charge is 0.465 e. The molecule has 0 aliphatic rings. The summed E-state index contributed by atoms with van der Waals surface area (Å²) < 4.78 is 5.08. The summed E-state index contributed by atoms with van der Waals surface area (Å²) in [6, 6.07) is 10.2. The molecule has 86 valence electrons. The lowest BCUT2D eigenvalue weighted by Crippen LogP contribution is -2.05. The molecule has 0 spiro atoms. The molecule has 0 amide bonds. The Kier molecular flexibility index (Phi) is 6.00. The highest BCUT2D eigenvalue weighted by Crippen LogP contribution is 2.02. The molecule has 0 aliphatic heterocycles. The summed E-state index contributed by atoms with van der Waals surface area (Å²) in [6.45, 7) is 2.40. The van der Waals surface area contributed by atoms with Gasteiger partial charge in [0.15, 0.2) is 0 Å². The number of rotatable bonds is 6. The van der Waals surface area contributed by atoms with Crippen molar-refractivity contribution in [2.75, 3.05) is 6.61 Å². The van der Waals surface area contributed by atoms with Gasteiger partial charge in [-0.2, -0.15) is 0 Å². The number of benzene rings is 1. The minimum atomic E-state index is -0.147. The van der Waals surface area contributed by atoms with Crippen LogP contribution in [0.15, 0.2) is 42.5 Å². The zero-order valence-corrected chi connectivity index (χ0v) is 9.69. The molecule has 2 heteroatoms. The average molecular weight is 218 g/mol. The molecule has 0 aliphatic carbocycles. The second-order valence-corrected chi connectivity index (χ2v) is 3.58. The molecule has 2 nitrogen and oxygen atoms in total. The Labute approximate surface area is 96.9 Å². The lowest BCUT2D eigenvalue weighted by atomic mass is 10.1. The van der Waals surface area contributed by atoms with E-state index >= 15 is 0 Å². The molecule has 0 unspecified atom stereocenters. The second-order valence-electron chi connectivity index (χ2n) is 3.58. The molecule has 1 aromatic carbocycles. The summed E-state index contributed by atoms with van der Waals surface area (Å²) in [6.07, 6.45) is 5.87. The van der Waals surface area contributed by atoms with E-state index in [1.54, 1.807) is 6.08 Å². The van der Waals surface area contributed by atoms with Crippen LogP contribution >= 0.6 is 0 Å². The fraction of sp³-hybridized carbons (Fsp3) is 0.357. The first kappa shape index (κ1) is 12.5. The Morgan fingerprint density at radius 1 is 1.31 bits per heavy atom. The molecule has 0 bridgehead atoms. The molecule has 0 saturated carbocycles. The highest BCUT2D eigenvalue weighted by Gasteiger charge is 1.99. The van der Waals surface area contributed by atoms with Gasteiger partial charge in [-0.15, -0.1) is 0 Å². The van der Waals surface area contributed by atoms with Crippen molar-refractivity contribution in [1.82, 2.24) is 0 Å². The summed E-state index contributed by atoms with van der Waals surface area (Å²) in [4.78, 5) is 11.1. The van der Waals surface area contributed by atoms with E-state index in [9.17, 15) is 4.79 Å². The van der Waals surface area contributed by atoms with E-state index < -0.39 is 0 Å². The van der Waals surface area contributed by atoms with E-state index in [1.807, 2.05) is 31.2 Å². The predicted octanol–water partition coefficient (Wildman–Crippen LogP) is 3.13. The molecule has 0 fully saturated rings. The lowest BCUT2D eigenvalue weighted by Gasteiger charge is -2.03. The van der Waals surface area contributed by atoms with Gasteiger partial charge in [0.1, 0.15) is 0 Å². The first-order valence-corrected chi connectivity index (χ1v) is 5.63. The van der Waals surface area contributed by atoms with E-state index in [0.717, 1.165) is 12.8 Å². The molecular formula is C14H18O2. The van der Waals surface area contributed by atoms with Gasteiger partial charge in [-0.1, -0.05) is 42.5 Å². The molecule has 0 radical (unpaired) electrons. The highest BCUT2D eigenvalue weighted by molar-refractivity contribution is 5.71. The minimum absolute atomic E-state index is 0.147. The molecule has 0 N–H and O–H groups in total. The van der Waals surface area contributed by atoms with E-state index in [4.69, 9.17) is 4.74 Å². The van der Waals surface area contributed by atoms with Crippen LogP contribution in [0.5, 0.6) is 0 Å². The van der Waals surface area contributed by atoms with Crippen LogP contribution in [0.4, 0.5) is 0 Å². The van der Waals surface area contributed by atoms with Crippen molar-refractivity contribution >= 4 is 5.97 Å². The maximum atomic E-state index is 11.1. The van der Waals surface area contributed by atoms with Crippen LogP contribution in [0.3, 0.4) is 0 Å².